The van der Waals surface area contributed by atoms with Gasteiger partial charge in [-0.15, -0.1) is 0 Å². The summed E-state index contributed by atoms with van der Waals surface area (Å²) in [5.41, 5.74) is 2.92. The fraction of sp³-hybridized carbons (Fsp3) is 0.257. The van der Waals surface area contributed by atoms with Crippen LogP contribution in [0.3, 0.4) is 0 Å². The Morgan fingerprint density at radius 1 is 0.822 bits per heavy atom. The second-order valence-corrected chi connectivity index (χ2v) is 14.7. The quantitative estimate of drug-likeness (QED) is 0.156. The molecule has 0 radical (unpaired) electrons. The van der Waals surface area contributed by atoms with Crippen LogP contribution >= 0.6 is 31.9 Å². The SMILES string of the molecule is CC[C@H](C)NC(=O)[C@@H](Cc1ccccc1)N(Cc1cccc(Br)c1)C(=O)CN(c1ccc(Br)cc1)S(=O)(=O)c1ccc(C)cc1. The van der Waals surface area contributed by atoms with Crippen LogP contribution in [0.1, 0.15) is 37.0 Å². The van der Waals surface area contributed by atoms with Crippen molar-refractivity contribution in [2.75, 3.05) is 10.8 Å². The number of nitrogens with one attached hydrogen (secondary N) is 1. The molecule has 1 N–H and O–H groups in total. The van der Waals surface area contributed by atoms with E-state index in [9.17, 15) is 18.0 Å². The predicted molar refractivity (Wildman–Crippen MR) is 186 cm³/mol. The number of benzene rings is 4. The molecule has 4 rings (SSSR count). The van der Waals surface area contributed by atoms with Gasteiger partial charge in [-0.2, -0.15) is 0 Å². The van der Waals surface area contributed by atoms with Gasteiger partial charge in [0.1, 0.15) is 12.6 Å². The molecular weight excluding hydrogens is 718 g/mol. The van der Waals surface area contributed by atoms with E-state index in [0.717, 1.165) is 36.4 Å². The average molecular weight is 756 g/mol. The maximum atomic E-state index is 14.5. The number of carbonyl (C=O) groups is 2. The van der Waals surface area contributed by atoms with Crippen LogP contribution in [-0.2, 0) is 32.6 Å². The Labute approximate surface area is 283 Å². The van der Waals surface area contributed by atoms with Crippen molar-refractivity contribution in [3.63, 3.8) is 0 Å². The summed E-state index contributed by atoms with van der Waals surface area (Å²) in [6, 6.07) is 29.3. The van der Waals surface area contributed by atoms with Crippen molar-refractivity contribution in [2.45, 2.75) is 57.1 Å². The van der Waals surface area contributed by atoms with Gasteiger partial charge >= 0.3 is 0 Å². The molecule has 0 saturated carbocycles. The van der Waals surface area contributed by atoms with Gasteiger partial charge < -0.3 is 10.2 Å². The van der Waals surface area contributed by atoms with E-state index in [1.54, 1.807) is 36.4 Å². The largest absolute Gasteiger partial charge is 0.352 e. The topological polar surface area (TPSA) is 86.8 Å². The van der Waals surface area contributed by atoms with E-state index in [-0.39, 0.29) is 29.8 Å². The zero-order valence-electron chi connectivity index (χ0n) is 25.5. The summed E-state index contributed by atoms with van der Waals surface area (Å²) in [5.74, 6) is -0.804. The number of hydrogen-bond acceptors (Lipinski definition) is 4. The first-order valence-electron chi connectivity index (χ1n) is 14.7. The Morgan fingerprint density at radius 3 is 2.09 bits per heavy atom. The summed E-state index contributed by atoms with van der Waals surface area (Å²) in [7, 11) is -4.16. The molecule has 7 nitrogen and oxygen atoms in total. The molecule has 0 aromatic heterocycles. The first kappa shape index (κ1) is 34.4. The molecule has 10 heteroatoms. The van der Waals surface area contributed by atoms with Gasteiger partial charge in [-0.1, -0.05) is 98.9 Å². The standard InChI is InChI=1S/C35H37Br2N3O4S/c1-4-26(3)38-35(42)33(22-27-9-6-5-7-10-27)39(23-28-11-8-12-30(37)21-28)34(41)24-40(31-17-15-29(36)16-18-31)45(43,44)32-19-13-25(2)14-20-32/h5-21,26,33H,4,22-24H2,1-3H3,(H,38,42)/t26-,33+/m0/s1. The summed E-state index contributed by atoms with van der Waals surface area (Å²) in [4.78, 5) is 30.0. The van der Waals surface area contributed by atoms with E-state index in [1.165, 1.54) is 17.0 Å². The second kappa shape index (κ2) is 15.7. The number of rotatable bonds is 13. The first-order chi connectivity index (χ1) is 21.5. The van der Waals surface area contributed by atoms with E-state index in [0.29, 0.717) is 5.69 Å². The summed E-state index contributed by atoms with van der Waals surface area (Å²) in [5, 5.41) is 3.06. The number of halogens is 2. The van der Waals surface area contributed by atoms with Crippen molar-refractivity contribution in [1.29, 1.82) is 0 Å². The van der Waals surface area contributed by atoms with E-state index in [4.69, 9.17) is 0 Å². The van der Waals surface area contributed by atoms with Crippen molar-refractivity contribution < 1.29 is 18.0 Å². The molecule has 0 unspecified atom stereocenters. The highest BCUT2D eigenvalue weighted by atomic mass is 79.9. The van der Waals surface area contributed by atoms with E-state index in [2.05, 4.69) is 37.2 Å². The number of nitrogens with zero attached hydrogens (tertiary/aromatic N) is 2. The summed E-state index contributed by atoms with van der Waals surface area (Å²) >= 11 is 6.93. The fourth-order valence-electron chi connectivity index (χ4n) is 4.80. The molecule has 0 spiro atoms. The van der Waals surface area contributed by atoms with Crippen LogP contribution < -0.4 is 9.62 Å². The highest BCUT2D eigenvalue weighted by Crippen LogP contribution is 2.27. The van der Waals surface area contributed by atoms with Crippen LogP contribution in [0.4, 0.5) is 5.69 Å². The van der Waals surface area contributed by atoms with Crippen LogP contribution in [-0.4, -0.2) is 43.8 Å². The van der Waals surface area contributed by atoms with Crippen molar-refractivity contribution in [3.05, 3.63) is 129 Å². The molecule has 4 aromatic carbocycles. The van der Waals surface area contributed by atoms with Crippen LogP contribution in [0.2, 0.25) is 0 Å². The molecule has 0 bridgehead atoms. The van der Waals surface area contributed by atoms with Gasteiger partial charge in [0.05, 0.1) is 10.6 Å². The van der Waals surface area contributed by atoms with Crippen molar-refractivity contribution in [3.8, 4) is 0 Å². The zero-order valence-corrected chi connectivity index (χ0v) is 29.5. The molecule has 0 aliphatic rings. The van der Waals surface area contributed by atoms with Gasteiger partial charge in [0, 0.05) is 28.0 Å². The minimum Gasteiger partial charge on any atom is -0.352 e. The number of amides is 2. The van der Waals surface area contributed by atoms with Crippen molar-refractivity contribution >= 4 is 59.4 Å². The maximum absolute atomic E-state index is 14.5. The summed E-state index contributed by atoms with van der Waals surface area (Å²) in [6.45, 7) is 5.37. The van der Waals surface area contributed by atoms with Gasteiger partial charge in [0.2, 0.25) is 11.8 Å². The lowest BCUT2D eigenvalue weighted by Crippen LogP contribution is -2.54. The molecule has 0 aliphatic heterocycles. The summed E-state index contributed by atoms with van der Waals surface area (Å²) < 4.78 is 31.0. The normalized spacial score (nSPS) is 12.6. The van der Waals surface area contributed by atoms with Gasteiger partial charge in [-0.3, -0.25) is 13.9 Å². The Hall–Kier alpha value is -3.47. The number of aryl methyl sites for hydroxylation is 1. The number of carbonyl (C=O) groups excluding carboxylic acids is 2. The minimum atomic E-state index is -4.16. The molecule has 0 heterocycles. The fourth-order valence-corrected chi connectivity index (χ4v) is 6.93. The minimum absolute atomic E-state index is 0.0673. The average Bonchev–Trinajstić information content (AvgIpc) is 3.02. The number of anilines is 1. The molecule has 2 amide bonds. The molecule has 4 aromatic rings. The molecule has 45 heavy (non-hydrogen) atoms. The Balaban J connectivity index is 1.80. The Kier molecular flexibility index (Phi) is 12.0. The molecule has 2 atom stereocenters. The van der Waals surface area contributed by atoms with Crippen LogP contribution in [0.25, 0.3) is 0 Å². The third-order valence-electron chi connectivity index (χ3n) is 7.52. The smallest absolute Gasteiger partial charge is 0.264 e. The van der Waals surface area contributed by atoms with E-state index in [1.807, 2.05) is 75.4 Å². The van der Waals surface area contributed by atoms with Gasteiger partial charge in [0.25, 0.3) is 10.0 Å². The number of sulfonamides is 1. The highest BCUT2D eigenvalue weighted by molar-refractivity contribution is 9.10. The third-order valence-corrected chi connectivity index (χ3v) is 10.3. The van der Waals surface area contributed by atoms with Crippen molar-refractivity contribution in [2.24, 2.45) is 0 Å². The molecule has 236 valence electrons. The molecular formula is C35H37Br2N3O4S. The molecule has 0 aliphatic carbocycles. The Morgan fingerprint density at radius 2 is 1.47 bits per heavy atom. The van der Waals surface area contributed by atoms with Gasteiger partial charge in [0.15, 0.2) is 0 Å². The van der Waals surface area contributed by atoms with Gasteiger partial charge in [-0.25, -0.2) is 8.42 Å². The van der Waals surface area contributed by atoms with Gasteiger partial charge in [-0.05, 0) is 79.9 Å². The third kappa shape index (κ3) is 9.28. The predicted octanol–water partition coefficient (Wildman–Crippen LogP) is 7.27. The van der Waals surface area contributed by atoms with Crippen LogP contribution in [0.5, 0.6) is 0 Å². The van der Waals surface area contributed by atoms with Crippen molar-refractivity contribution in [1.82, 2.24) is 10.2 Å². The first-order valence-corrected chi connectivity index (χ1v) is 17.7. The lowest BCUT2D eigenvalue weighted by Gasteiger charge is -2.34. The highest BCUT2D eigenvalue weighted by Gasteiger charge is 2.35. The lowest BCUT2D eigenvalue weighted by molar-refractivity contribution is -0.140. The monoisotopic (exact) mass is 753 g/mol. The molecule has 0 saturated heterocycles. The van der Waals surface area contributed by atoms with Crippen LogP contribution in [0, 0.1) is 6.92 Å². The Bertz CT molecular complexity index is 1700. The van der Waals surface area contributed by atoms with E-state index >= 15 is 0 Å². The zero-order chi connectivity index (χ0) is 32.6. The summed E-state index contributed by atoms with van der Waals surface area (Å²) in [6.07, 6.45) is 0.974. The second-order valence-electron chi connectivity index (χ2n) is 11.0. The van der Waals surface area contributed by atoms with Crippen LogP contribution in [0.15, 0.2) is 117 Å². The number of hydrogen-bond donors (Lipinski definition) is 1. The molecule has 0 fully saturated rings. The maximum Gasteiger partial charge on any atom is 0.264 e. The lowest BCUT2D eigenvalue weighted by atomic mass is 10.0. The van der Waals surface area contributed by atoms with E-state index < -0.39 is 28.5 Å².